The molecular formula is C14H22N2O2. The topological polar surface area (TPSA) is 50.4 Å². The number of nitrogens with one attached hydrogen (secondary N) is 2. The smallest absolute Gasteiger partial charge is 0.239 e. The number of anilines is 1. The predicted molar refractivity (Wildman–Crippen MR) is 73.8 cm³/mol. The summed E-state index contributed by atoms with van der Waals surface area (Å²) in [4.78, 5) is 11.7. The van der Waals surface area contributed by atoms with Crippen LogP contribution in [0.15, 0.2) is 24.3 Å². The van der Waals surface area contributed by atoms with Gasteiger partial charge in [0.1, 0.15) is 0 Å². The van der Waals surface area contributed by atoms with E-state index in [1.165, 1.54) is 5.56 Å². The van der Waals surface area contributed by atoms with Gasteiger partial charge in [-0.3, -0.25) is 4.79 Å². The van der Waals surface area contributed by atoms with Gasteiger partial charge in [0.25, 0.3) is 0 Å². The molecule has 100 valence electrons. The monoisotopic (exact) mass is 250 g/mol. The molecule has 0 bridgehead atoms. The average molecular weight is 250 g/mol. The van der Waals surface area contributed by atoms with Crippen LogP contribution in [0.3, 0.4) is 0 Å². The van der Waals surface area contributed by atoms with Crippen LogP contribution in [0.2, 0.25) is 0 Å². The highest BCUT2D eigenvalue weighted by Crippen LogP contribution is 2.14. The normalized spacial score (nSPS) is 11.9. The minimum Gasteiger partial charge on any atom is -0.383 e. The summed E-state index contributed by atoms with van der Waals surface area (Å²) in [7, 11) is 1.62. The molecule has 1 amide bonds. The molecule has 0 heterocycles. The molecule has 4 nitrogen and oxygen atoms in total. The van der Waals surface area contributed by atoms with E-state index in [9.17, 15) is 4.79 Å². The second-order valence-electron chi connectivity index (χ2n) is 4.29. The molecule has 1 aromatic rings. The fraction of sp³-hybridized carbons (Fsp3) is 0.500. The van der Waals surface area contributed by atoms with Crippen LogP contribution in [0.1, 0.15) is 19.4 Å². The Hall–Kier alpha value is -1.55. The second-order valence-corrected chi connectivity index (χ2v) is 4.29. The Labute approximate surface area is 109 Å². The molecule has 1 aromatic carbocycles. The van der Waals surface area contributed by atoms with Crippen molar-refractivity contribution >= 4 is 11.6 Å². The Morgan fingerprint density at radius 2 is 2.11 bits per heavy atom. The Kier molecular flexibility index (Phi) is 6.22. The van der Waals surface area contributed by atoms with E-state index in [4.69, 9.17) is 4.74 Å². The third kappa shape index (κ3) is 4.75. The zero-order chi connectivity index (χ0) is 13.4. The highest BCUT2D eigenvalue weighted by Gasteiger charge is 2.07. The standard InChI is InChI=1S/C14H22N2O2/c1-4-12-7-5-6-8-13(12)15-9-14(17)16-11(2)10-18-3/h5-8,11,15H,4,9-10H2,1-3H3,(H,16,17). The molecule has 18 heavy (non-hydrogen) atoms. The van der Waals surface area contributed by atoms with Crippen LogP contribution in [0.25, 0.3) is 0 Å². The Morgan fingerprint density at radius 1 is 1.39 bits per heavy atom. The van der Waals surface area contributed by atoms with E-state index < -0.39 is 0 Å². The number of hydrogen-bond donors (Lipinski definition) is 2. The third-order valence-electron chi connectivity index (χ3n) is 2.66. The number of benzene rings is 1. The van der Waals surface area contributed by atoms with Gasteiger partial charge >= 0.3 is 0 Å². The van der Waals surface area contributed by atoms with E-state index in [1.807, 2.05) is 25.1 Å². The molecule has 0 saturated carbocycles. The molecule has 1 rings (SSSR count). The van der Waals surface area contributed by atoms with Crippen molar-refractivity contribution in [1.82, 2.24) is 5.32 Å². The van der Waals surface area contributed by atoms with Crippen LogP contribution in [-0.2, 0) is 16.0 Å². The van der Waals surface area contributed by atoms with E-state index in [1.54, 1.807) is 7.11 Å². The summed E-state index contributed by atoms with van der Waals surface area (Å²) in [5.41, 5.74) is 2.24. The summed E-state index contributed by atoms with van der Waals surface area (Å²) >= 11 is 0. The summed E-state index contributed by atoms with van der Waals surface area (Å²) in [6.07, 6.45) is 0.949. The molecule has 0 saturated heterocycles. The largest absolute Gasteiger partial charge is 0.383 e. The Balaban J connectivity index is 2.42. The summed E-state index contributed by atoms with van der Waals surface area (Å²) in [6.45, 7) is 4.82. The quantitative estimate of drug-likeness (QED) is 0.776. The number of hydrogen-bond acceptors (Lipinski definition) is 3. The molecule has 0 spiro atoms. The lowest BCUT2D eigenvalue weighted by molar-refractivity contribution is -0.120. The Bertz CT molecular complexity index is 380. The first-order valence-corrected chi connectivity index (χ1v) is 6.27. The number of rotatable bonds is 7. The van der Waals surface area contributed by atoms with Gasteiger partial charge in [0, 0.05) is 18.8 Å². The zero-order valence-corrected chi connectivity index (χ0v) is 11.3. The third-order valence-corrected chi connectivity index (χ3v) is 2.66. The molecule has 0 aliphatic heterocycles. The first-order chi connectivity index (χ1) is 8.67. The fourth-order valence-electron chi connectivity index (χ4n) is 1.79. The van der Waals surface area contributed by atoms with Crippen LogP contribution in [-0.4, -0.2) is 32.2 Å². The zero-order valence-electron chi connectivity index (χ0n) is 11.3. The minimum atomic E-state index is -0.0227. The van der Waals surface area contributed by atoms with Gasteiger partial charge < -0.3 is 15.4 Å². The number of carbonyl (C=O) groups is 1. The van der Waals surface area contributed by atoms with Gasteiger partial charge in [0.2, 0.25) is 5.91 Å². The van der Waals surface area contributed by atoms with Crippen molar-refractivity contribution in [1.29, 1.82) is 0 Å². The van der Waals surface area contributed by atoms with Crippen molar-refractivity contribution < 1.29 is 9.53 Å². The van der Waals surface area contributed by atoms with Crippen LogP contribution in [0.4, 0.5) is 5.69 Å². The highest BCUT2D eigenvalue weighted by molar-refractivity contribution is 5.81. The second kappa shape index (κ2) is 7.71. The molecule has 0 aromatic heterocycles. The van der Waals surface area contributed by atoms with Crippen molar-refractivity contribution in [2.75, 3.05) is 25.6 Å². The predicted octanol–water partition coefficient (Wildman–Crippen LogP) is 1.81. The molecule has 4 heteroatoms. The molecular weight excluding hydrogens is 228 g/mol. The lowest BCUT2D eigenvalue weighted by atomic mass is 10.1. The van der Waals surface area contributed by atoms with E-state index in [2.05, 4.69) is 23.6 Å². The molecule has 1 atom stereocenters. The molecule has 1 unspecified atom stereocenters. The molecule has 0 radical (unpaired) electrons. The van der Waals surface area contributed by atoms with Crippen molar-refractivity contribution in [3.8, 4) is 0 Å². The highest BCUT2D eigenvalue weighted by atomic mass is 16.5. The SMILES string of the molecule is CCc1ccccc1NCC(=O)NC(C)COC. The van der Waals surface area contributed by atoms with Crippen molar-refractivity contribution in [2.45, 2.75) is 26.3 Å². The molecule has 0 aliphatic carbocycles. The maximum absolute atomic E-state index is 11.7. The number of carbonyl (C=O) groups excluding carboxylic acids is 1. The van der Waals surface area contributed by atoms with E-state index in [0.717, 1.165) is 12.1 Å². The maximum atomic E-state index is 11.7. The van der Waals surface area contributed by atoms with Gasteiger partial charge in [0.15, 0.2) is 0 Å². The van der Waals surface area contributed by atoms with Crippen LogP contribution in [0.5, 0.6) is 0 Å². The fourth-order valence-corrected chi connectivity index (χ4v) is 1.79. The molecule has 0 fully saturated rings. The summed E-state index contributed by atoms with van der Waals surface area (Å²) in [5.74, 6) is -0.0227. The summed E-state index contributed by atoms with van der Waals surface area (Å²) in [5, 5.41) is 6.02. The number of aryl methyl sites for hydroxylation is 1. The van der Waals surface area contributed by atoms with Crippen molar-refractivity contribution in [3.63, 3.8) is 0 Å². The average Bonchev–Trinajstić information content (AvgIpc) is 2.37. The number of amides is 1. The van der Waals surface area contributed by atoms with Gasteiger partial charge in [-0.25, -0.2) is 0 Å². The first kappa shape index (κ1) is 14.5. The first-order valence-electron chi connectivity index (χ1n) is 6.27. The Morgan fingerprint density at radius 3 is 2.78 bits per heavy atom. The van der Waals surface area contributed by atoms with E-state index in [0.29, 0.717) is 6.61 Å². The maximum Gasteiger partial charge on any atom is 0.239 e. The van der Waals surface area contributed by atoms with Gasteiger partial charge in [-0.2, -0.15) is 0 Å². The summed E-state index contributed by atoms with van der Waals surface area (Å²) in [6, 6.07) is 8.06. The summed E-state index contributed by atoms with van der Waals surface area (Å²) < 4.78 is 4.97. The minimum absolute atomic E-state index is 0.0227. The molecule has 2 N–H and O–H groups in total. The van der Waals surface area contributed by atoms with Crippen molar-refractivity contribution in [3.05, 3.63) is 29.8 Å². The van der Waals surface area contributed by atoms with Crippen LogP contribution < -0.4 is 10.6 Å². The van der Waals surface area contributed by atoms with Gasteiger partial charge in [-0.05, 0) is 25.0 Å². The van der Waals surface area contributed by atoms with Crippen LogP contribution in [0, 0.1) is 0 Å². The lowest BCUT2D eigenvalue weighted by Crippen LogP contribution is -2.39. The number of para-hydroxylation sites is 1. The van der Waals surface area contributed by atoms with Crippen molar-refractivity contribution in [2.24, 2.45) is 0 Å². The van der Waals surface area contributed by atoms with Gasteiger partial charge in [0.05, 0.1) is 13.2 Å². The van der Waals surface area contributed by atoms with Gasteiger partial charge in [-0.15, -0.1) is 0 Å². The lowest BCUT2D eigenvalue weighted by Gasteiger charge is -2.14. The van der Waals surface area contributed by atoms with E-state index >= 15 is 0 Å². The van der Waals surface area contributed by atoms with Gasteiger partial charge in [-0.1, -0.05) is 25.1 Å². The van der Waals surface area contributed by atoms with E-state index in [-0.39, 0.29) is 18.5 Å². The molecule has 0 aliphatic rings. The number of methoxy groups -OCH3 is 1. The number of ether oxygens (including phenoxy) is 1. The van der Waals surface area contributed by atoms with Crippen LogP contribution >= 0.6 is 0 Å².